The number of hydrogen-bond donors (Lipinski definition) is 2. The van der Waals surface area contributed by atoms with Crippen LogP contribution in [-0.4, -0.2) is 14.3 Å². The molecular formula is C22H16FN3O4S. The SMILES string of the molecule is O=C(Nc1cccc(F)c1)c1cc2ccccc2oc1=NNS(=O)(=O)c1ccccc1. The average Bonchev–Trinajstić information content (AvgIpc) is 2.77. The third-order valence-corrected chi connectivity index (χ3v) is 5.53. The fourth-order valence-corrected chi connectivity index (χ4v) is 3.66. The lowest BCUT2D eigenvalue weighted by molar-refractivity contribution is 0.102. The van der Waals surface area contributed by atoms with Crippen molar-refractivity contribution in [2.75, 3.05) is 5.32 Å². The fourth-order valence-electron chi connectivity index (χ4n) is 2.83. The van der Waals surface area contributed by atoms with Crippen LogP contribution in [-0.2, 0) is 10.0 Å². The molecule has 31 heavy (non-hydrogen) atoms. The topological polar surface area (TPSA) is 101 Å². The first-order valence-corrected chi connectivity index (χ1v) is 10.6. The maximum Gasteiger partial charge on any atom is 0.276 e. The van der Waals surface area contributed by atoms with Gasteiger partial charge in [0.25, 0.3) is 15.9 Å². The lowest BCUT2D eigenvalue weighted by Crippen LogP contribution is -2.27. The van der Waals surface area contributed by atoms with Gasteiger partial charge in [0.15, 0.2) is 0 Å². The van der Waals surface area contributed by atoms with Crippen LogP contribution in [0.15, 0.2) is 99.3 Å². The highest BCUT2D eigenvalue weighted by Gasteiger charge is 2.16. The van der Waals surface area contributed by atoms with E-state index in [-0.39, 0.29) is 21.7 Å². The van der Waals surface area contributed by atoms with Gasteiger partial charge in [0.05, 0.1) is 4.90 Å². The van der Waals surface area contributed by atoms with Gasteiger partial charge in [-0.2, -0.15) is 13.2 Å². The summed E-state index contributed by atoms with van der Waals surface area (Å²) in [6, 6.07) is 21.4. The molecule has 0 spiro atoms. The molecule has 9 heteroatoms. The number of sulfonamides is 1. The molecule has 0 aliphatic rings. The van der Waals surface area contributed by atoms with Crippen LogP contribution in [0.25, 0.3) is 11.0 Å². The summed E-state index contributed by atoms with van der Waals surface area (Å²) >= 11 is 0. The Labute approximate surface area is 176 Å². The van der Waals surface area contributed by atoms with Gasteiger partial charge >= 0.3 is 0 Å². The third-order valence-electron chi connectivity index (χ3n) is 4.30. The Hall–Kier alpha value is -3.98. The molecule has 0 saturated carbocycles. The van der Waals surface area contributed by atoms with Crippen LogP contribution >= 0.6 is 0 Å². The van der Waals surface area contributed by atoms with Crippen molar-refractivity contribution in [3.05, 3.63) is 102 Å². The van der Waals surface area contributed by atoms with Gasteiger partial charge in [-0.1, -0.05) is 42.5 Å². The molecule has 0 radical (unpaired) electrons. The van der Waals surface area contributed by atoms with E-state index in [1.807, 2.05) is 0 Å². The largest absolute Gasteiger partial charge is 0.436 e. The molecule has 0 bridgehead atoms. The highest BCUT2D eigenvalue weighted by atomic mass is 32.2. The summed E-state index contributed by atoms with van der Waals surface area (Å²) < 4.78 is 44.1. The average molecular weight is 437 g/mol. The summed E-state index contributed by atoms with van der Waals surface area (Å²) in [4.78, 5) is 14.9. The number of nitrogens with one attached hydrogen (secondary N) is 2. The van der Waals surface area contributed by atoms with Crippen LogP contribution in [0.3, 0.4) is 0 Å². The second kappa shape index (κ2) is 8.41. The lowest BCUT2D eigenvalue weighted by Gasteiger charge is -2.08. The maximum absolute atomic E-state index is 13.5. The third kappa shape index (κ3) is 4.62. The summed E-state index contributed by atoms with van der Waals surface area (Å²) in [5.74, 6) is -1.15. The van der Waals surface area contributed by atoms with E-state index in [4.69, 9.17) is 4.42 Å². The Morgan fingerprint density at radius 1 is 0.903 bits per heavy atom. The smallest absolute Gasteiger partial charge is 0.276 e. The van der Waals surface area contributed by atoms with E-state index in [9.17, 15) is 17.6 Å². The Morgan fingerprint density at radius 3 is 2.42 bits per heavy atom. The van der Waals surface area contributed by atoms with Gasteiger partial charge < -0.3 is 9.73 Å². The van der Waals surface area contributed by atoms with Crippen molar-refractivity contribution in [2.24, 2.45) is 5.10 Å². The Bertz CT molecular complexity index is 1430. The monoisotopic (exact) mass is 437 g/mol. The van der Waals surface area contributed by atoms with Crippen molar-refractivity contribution in [3.63, 3.8) is 0 Å². The first kappa shape index (κ1) is 20.3. The molecule has 1 aromatic heterocycles. The van der Waals surface area contributed by atoms with E-state index in [0.29, 0.717) is 11.0 Å². The number of para-hydroxylation sites is 1. The molecule has 1 heterocycles. The minimum absolute atomic E-state index is 0.00491. The molecule has 0 aliphatic carbocycles. The molecule has 156 valence electrons. The zero-order valence-corrected chi connectivity index (χ0v) is 16.8. The number of amides is 1. The molecular weight excluding hydrogens is 421 g/mol. The normalized spacial score (nSPS) is 12.0. The molecule has 2 N–H and O–H groups in total. The van der Waals surface area contributed by atoms with Gasteiger partial charge in [0.1, 0.15) is 17.0 Å². The molecule has 7 nitrogen and oxygen atoms in total. The summed E-state index contributed by atoms with van der Waals surface area (Å²) in [5, 5.41) is 7.01. The predicted molar refractivity (Wildman–Crippen MR) is 113 cm³/mol. The van der Waals surface area contributed by atoms with Crippen molar-refractivity contribution in [1.82, 2.24) is 4.83 Å². The van der Waals surface area contributed by atoms with Crippen LogP contribution in [0.1, 0.15) is 10.4 Å². The number of fused-ring (bicyclic) bond motifs is 1. The summed E-state index contributed by atoms with van der Waals surface area (Å²) in [5.41, 5.74) is 0.363. The summed E-state index contributed by atoms with van der Waals surface area (Å²) in [6.45, 7) is 0. The van der Waals surface area contributed by atoms with Crippen LogP contribution < -0.4 is 15.7 Å². The van der Waals surface area contributed by atoms with Gasteiger partial charge in [-0.05, 0) is 42.5 Å². The van der Waals surface area contributed by atoms with Gasteiger partial charge in [0.2, 0.25) is 5.55 Å². The lowest BCUT2D eigenvalue weighted by atomic mass is 10.1. The molecule has 4 aromatic rings. The van der Waals surface area contributed by atoms with E-state index in [1.165, 1.54) is 36.4 Å². The van der Waals surface area contributed by atoms with Crippen LogP contribution in [0.4, 0.5) is 10.1 Å². The second-order valence-corrected chi connectivity index (χ2v) is 8.15. The van der Waals surface area contributed by atoms with E-state index in [1.54, 1.807) is 42.5 Å². The first-order chi connectivity index (χ1) is 14.9. The quantitative estimate of drug-likeness (QED) is 0.466. The van der Waals surface area contributed by atoms with Crippen molar-refractivity contribution >= 4 is 32.6 Å². The standard InChI is InChI=1S/C22H16FN3O4S/c23-16-8-6-9-17(14-16)24-21(27)19-13-15-7-4-5-12-20(15)30-22(19)25-26-31(28,29)18-10-2-1-3-11-18/h1-14,26H,(H,24,27). The highest BCUT2D eigenvalue weighted by Crippen LogP contribution is 2.15. The number of halogens is 1. The molecule has 0 aliphatic heterocycles. The number of rotatable bonds is 5. The molecule has 0 unspecified atom stereocenters. The molecule has 0 fully saturated rings. The minimum Gasteiger partial charge on any atom is -0.436 e. The molecule has 4 rings (SSSR count). The minimum atomic E-state index is -3.98. The zero-order chi connectivity index (χ0) is 21.8. The predicted octanol–water partition coefficient (Wildman–Crippen LogP) is 3.62. The summed E-state index contributed by atoms with van der Waals surface area (Å²) in [7, 11) is -3.98. The zero-order valence-electron chi connectivity index (χ0n) is 15.9. The first-order valence-electron chi connectivity index (χ1n) is 9.13. The van der Waals surface area contributed by atoms with Gasteiger partial charge in [0, 0.05) is 11.1 Å². The van der Waals surface area contributed by atoms with Crippen molar-refractivity contribution < 1.29 is 22.0 Å². The Morgan fingerprint density at radius 2 is 1.65 bits per heavy atom. The Kier molecular flexibility index (Phi) is 5.50. The number of carbonyl (C=O) groups excluding carboxylic acids is 1. The van der Waals surface area contributed by atoms with Gasteiger partial charge in [-0.25, -0.2) is 4.39 Å². The van der Waals surface area contributed by atoms with Crippen molar-refractivity contribution in [2.45, 2.75) is 4.90 Å². The van der Waals surface area contributed by atoms with Crippen LogP contribution in [0.5, 0.6) is 0 Å². The van der Waals surface area contributed by atoms with Crippen molar-refractivity contribution in [1.29, 1.82) is 0 Å². The number of hydrogen-bond acceptors (Lipinski definition) is 5. The molecule has 1 amide bonds. The van der Waals surface area contributed by atoms with Gasteiger partial charge in [-0.3, -0.25) is 4.79 Å². The molecule has 3 aromatic carbocycles. The van der Waals surface area contributed by atoms with E-state index >= 15 is 0 Å². The van der Waals surface area contributed by atoms with E-state index < -0.39 is 21.7 Å². The van der Waals surface area contributed by atoms with Crippen LogP contribution in [0.2, 0.25) is 0 Å². The Balaban J connectivity index is 1.76. The van der Waals surface area contributed by atoms with E-state index in [2.05, 4.69) is 15.2 Å². The molecule has 0 saturated heterocycles. The fraction of sp³-hybridized carbons (Fsp3) is 0. The highest BCUT2D eigenvalue weighted by molar-refractivity contribution is 7.89. The summed E-state index contributed by atoms with van der Waals surface area (Å²) in [6.07, 6.45) is 0. The second-order valence-electron chi connectivity index (χ2n) is 6.49. The number of carbonyl (C=O) groups is 1. The number of nitrogens with zero attached hydrogens (tertiary/aromatic N) is 1. The van der Waals surface area contributed by atoms with Crippen molar-refractivity contribution in [3.8, 4) is 0 Å². The van der Waals surface area contributed by atoms with E-state index in [0.717, 1.165) is 6.07 Å². The number of anilines is 1. The number of benzene rings is 3. The van der Waals surface area contributed by atoms with Gasteiger partial charge in [-0.15, -0.1) is 5.10 Å². The maximum atomic E-state index is 13.5. The van der Waals surface area contributed by atoms with Crippen LogP contribution in [0, 0.1) is 5.82 Å². The molecule has 0 atom stereocenters.